The van der Waals surface area contributed by atoms with Crippen molar-refractivity contribution in [3.8, 4) is 0 Å². The second kappa shape index (κ2) is 5.38. The molecule has 90 valence electrons. The lowest BCUT2D eigenvalue weighted by Gasteiger charge is -2.08. The highest BCUT2D eigenvalue weighted by atomic mass is 32.2. The number of pyridine rings is 1. The number of hydrogen-bond donors (Lipinski definition) is 1. The molecule has 0 saturated carbocycles. The first-order chi connectivity index (χ1) is 8.20. The van der Waals surface area contributed by atoms with Crippen LogP contribution in [0.5, 0.6) is 0 Å². The summed E-state index contributed by atoms with van der Waals surface area (Å²) >= 11 is 0. The third-order valence-corrected chi connectivity index (χ3v) is 4.40. The molecule has 4 heteroatoms. The largest absolute Gasteiger partial charge is 0.329 e. The number of para-hydroxylation sites is 1. The first kappa shape index (κ1) is 12.2. The van der Waals surface area contributed by atoms with E-state index in [1.807, 2.05) is 43.3 Å². The Morgan fingerprint density at radius 3 is 2.82 bits per heavy atom. The van der Waals surface area contributed by atoms with E-state index in [0.717, 1.165) is 16.6 Å². The fourth-order valence-electron chi connectivity index (χ4n) is 1.58. The van der Waals surface area contributed by atoms with Crippen molar-refractivity contribution in [2.75, 3.05) is 6.54 Å². The molecule has 0 amide bonds. The van der Waals surface area contributed by atoms with E-state index < -0.39 is 10.8 Å². The highest BCUT2D eigenvalue weighted by Gasteiger charge is 2.10. The smallest absolute Gasteiger partial charge is 0.0705 e. The maximum atomic E-state index is 11.9. The molecule has 0 aliphatic heterocycles. The van der Waals surface area contributed by atoms with E-state index in [2.05, 4.69) is 4.98 Å². The van der Waals surface area contributed by atoms with Gasteiger partial charge < -0.3 is 5.73 Å². The molecule has 0 spiro atoms. The molecular formula is C13H16N2OS. The van der Waals surface area contributed by atoms with Crippen LogP contribution in [0.25, 0.3) is 10.9 Å². The lowest BCUT2D eigenvalue weighted by molar-refractivity contribution is 0.672. The Labute approximate surface area is 104 Å². The summed E-state index contributed by atoms with van der Waals surface area (Å²) in [6.07, 6.45) is 0. The highest BCUT2D eigenvalue weighted by Crippen LogP contribution is 2.13. The van der Waals surface area contributed by atoms with E-state index in [4.69, 9.17) is 5.73 Å². The summed E-state index contributed by atoms with van der Waals surface area (Å²) < 4.78 is 11.9. The molecule has 0 radical (unpaired) electrons. The summed E-state index contributed by atoms with van der Waals surface area (Å²) in [5.41, 5.74) is 7.31. The molecule has 1 heterocycles. The molecule has 0 saturated heterocycles. The molecule has 2 aromatic rings. The number of benzene rings is 1. The Kier molecular flexibility index (Phi) is 3.86. The number of hydrogen-bond acceptors (Lipinski definition) is 3. The van der Waals surface area contributed by atoms with E-state index in [-0.39, 0.29) is 5.25 Å². The fourth-order valence-corrected chi connectivity index (χ4v) is 2.54. The lowest BCUT2D eigenvalue weighted by Crippen LogP contribution is -2.23. The van der Waals surface area contributed by atoms with Crippen molar-refractivity contribution >= 4 is 21.7 Å². The summed E-state index contributed by atoms with van der Waals surface area (Å²) in [5.74, 6) is 0.475. The Morgan fingerprint density at radius 2 is 2.06 bits per heavy atom. The topological polar surface area (TPSA) is 56.0 Å². The van der Waals surface area contributed by atoms with Gasteiger partial charge in [0.15, 0.2) is 0 Å². The highest BCUT2D eigenvalue weighted by molar-refractivity contribution is 7.84. The third kappa shape index (κ3) is 2.90. The van der Waals surface area contributed by atoms with Gasteiger partial charge in [-0.3, -0.25) is 9.19 Å². The summed E-state index contributed by atoms with van der Waals surface area (Å²) in [6.45, 7) is 2.34. The van der Waals surface area contributed by atoms with Crippen molar-refractivity contribution < 1.29 is 4.21 Å². The SMILES string of the molecule is CC(CN)S(=O)Cc1ccc2ccccc2n1. The molecule has 0 bridgehead atoms. The maximum Gasteiger partial charge on any atom is 0.0705 e. The minimum atomic E-state index is -0.946. The lowest BCUT2D eigenvalue weighted by atomic mass is 10.2. The van der Waals surface area contributed by atoms with E-state index >= 15 is 0 Å². The zero-order valence-electron chi connectivity index (χ0n) is 9.80. The van der Waals surface area contributed by atoms with E-state index in [0.29, 0.717) is 12.3 Å². The molecule has 0 fully saturated rings. The van der Waals surface area contributed by atoms with Crippen molar-refractivity contribution in [1.29, 1.82) is 0 Å². The van der Waals surface area contributed by atoms with Gasteiger partial charge in [-0.2, -0.15) is 0 Å². The van der Waals surface area contributed by atoms with Gasteiger partial charge >= 0.3 is 0 Å². The average Bonchev–Trinajstić information content (AvgIpc) is 2.37. The van der Waals surface area contributed by atoms with E-state index in [1.54, 1.807) is 0 Å². The van der Waals surface area contributed by atoms with Crippen LogP contribution in [0.3, 0.4) is 0 Å². The minimum Gasteiger partial charge on any atom is -0.329 e. The van der Waals surface area contributed by atoms with Gasteiger partial charge in [0, 0.05) is 28.0 Å². The molecule has 2 rings (SSSR count). The first-order valence-corrected chi connectivity index (χ1v) is 7.01. The minimum absolute atomic E-state index is 0.0169. The predicted molar refractivity (Wildman–Crippen MR) is 72.1 cm³/mol. The van der Waals surface area contributed by atoms with Crippen molar-refractivity contribution in [3.05, 3.63) is 42.1 Å². The molecule has 0 aliphatic rings. The molecule has 2 unspecified atom stereocenters. The van der Waals surface area contributed by atoms with Crippen LogP contribution in [0, 0.1) is 0 Å². The zero-order chi connectivity index (χ0) is 12.3. The standard InChI is InChI=1S/C13H16N2OS/c1-10(8-14)17(16)9-12-7-6-11-4-2-3-5-13(11)15-12/h2-7,10H,8-9,14H2,1H3. The van der Waals surface area contributed by atoms with Gasteiger partial charge in [0.1, 0.15) is 0 Å². The van der Waals surface area contributed by atoms with E-state index in [1.165, 1.54) is 0 Å². The second-order valence-corrected chi connectivity index (χ2v) is 5.92. The Balaban J connectivity index is 2.22. The van der Waals surface area contributed by atoms with E-state index in [9.17, 15) is 4.21 Å². The first-order valence-electron chi connectivity index (χ1n) is 5.62. The van der Waals surface area contributed by atoms with Gasteiger partial charge in [-0.1, -0.05) is 24.3 Å². The van der Waals surface area contributed by atoms with Crippen LogP contribution in [0.4, 0.5) is 0 Å². The fraction of sp³-hybridized carbons (Fsp3) is 0.308. The monoisotopic (exact) mass is 248 g/mol. The van der Waals surface area contributed by atoms with Crippen LogP contribution in [-0.2, 0) is 16.6 Å². The van der Waals surface area contributed by atoms with Crippen molar-refractivity contribution in [3.63, 3.8) is 0 Å². The van der Waals surface area contributed by atoms with Gasteiger partial charge in [-0.15, -0.1) is 0 Å². The van der Waals surface area contributed by atoms with Gasteiger partial charge in [0.2, 0.25) is 0 Å². The quantitative estimate of drug-likeness (QED) is 0.898. The molecule has 2 atom stereocenters. The molecule has 3 nitrogen and oxygen atoms in total. The van der Waals surface area contributed by atoms with Gasteiger partial charge in [0.25, 0.3) is 0 Å². The van der Waals surface area contributed by atoms with Crippen molar-refractivity contribution in [2.45, 2.75) is 17.9 Å². The van der Waals surface area contributed by atoms with Gasteiger partial charge in [-0.05, 0) is 19.1 Å². The summed E-state index contributed by atoms with van der Waals surface area (Å²) in [4.78, 5) is 4.50. The van der Waals surface area contributed by atoms with Crippen molar-refractivity contribution in [2.24, 2.45) is 5.73 Å². The van der Waals surface area contributed by atoms with Crippen molar-refractivity contribution in [1.82, 2.24) is 4.98 Å². The number of nitrogens with zero attached hydrogens (tertiary/aromatic N) is 1. The number of nitrogens with two attached hydrogens (primary N) is 1. The molecular weight excluding hydrogens is 232 g/mol. The van der Waals surface area contributed by atoms with Gasteiger partial charge in [0.05, 0.1) is 17.0 Å². The molecule has 1 aromatic carbocycles. The zero-order valence-corrected chi connectivity index (χ0v) is 10.6. The number of aromatic nitrogens is 1. The van der Waals surface area contributed by atoms with Crippen LogP contribution in [0.15, 0.2) is 36.4 Å². The van der Waals surface area contributed by atoms with Gasteiger partial charge in [-0.25, -0.2) is 0 Å². The molecule has 2 N–H and O–H groups in total. The molecule has 1 aromatic heterocycles. The Hall–Kier alpha value is -1.26. The average molecular weight is 248 g/mol. The summed E-state index contributed by atoms with van der Waals surface area (Å²) in [7, 11) is -0.946. The third-order valence-electron chi connectivity index (χ3n) is 2.73. The number of rotatable bonds is 4. The summed E-state index contributed by atoms with van der Waals surface area (Å²) in [5, 5.41) is 1.12. The normalized spacial score (nSPS) is 14.7. The van der Waals surface area contributed by atoms with Crippen LogP contribution >= 0.6 is 0 Å². The van der Waals surface area contributed by atoms with Crippen LogP contribution in [0.2, 0.25) is 0 Å². The molecule has 0 aliphatic carbocycles. The summed E-state index contributed by atoms with van der Waals surface area (Å²) in [6, 6.07) is 11.9. The second-order valence-electron chi connectivity index (χ2n) is 4.07. The van der Waals surface area contributed by atoms with Crippen LogP contribution < -0.4 is 5.73 Å². The Bertz CT molecular complexity index is 542. The Morgan fingerprint density at radius 1 is 1.29 bits per heavy atom. The van der Waals surface area contributed by atoms with Crippen LogP contribution in [0.1, 0.15) is 12.6 Å². The molecule has 17 heavy (non-hydrogen) atoms. The number of fused-ring (bicyclic) bond motifs is 1. The van der Waals surface area contributed by atoms with Crippen LogP contribution in [-0.4, -0.2) is 21.0 Å². The maximum absolute atomic E-state index is 11.9. The predicted octanol–water partition coefficient (Wildman–Crippen LogP) is 1.83.